The summed E-state index contributed by atoms with van der Waals surface area (Å²) in [6.45, 7) is 5.92. The SMILES string of the molecule is CCOc1cc(CCN)ccc1OCC1CCC(C)O1. The van der Waals surface area contributed by atoms with E-state index in [9.17, 15) is 0 Å². The average Bonchev–Trinajstić information content (AvgIpc) is 2.84. The molecule has 0 bridgehead atoms. The predicted molar refractivity (Wildman–Crippen MR) is 79.4 cm³/mol. The Bertz CT molecular complexity index is 422. The second-order valence-electron chi connectivity index (χ2n) is 5.21. The summed E-state index contributed by atoms with van der Waals surface area (Å²) in [6, 6.07) is 6.03. The second-order valence-corrected chi connectivity index (χ2v) is 5.21. The highest BCUT2D eigenvalue weighted by Crippen LogP contribution is 2.30. The molecule has 112 valence electrons. The van der Waals surface area contributed by atoms with Crippen LogP contribution in [0.25, 0.3) is 0 Å². The Morgan fingerprint density at radius 3 is 2.75 bits per heavy atom. The zero-order valence-electron chi connectivity index (χ0n) is 12.4. The molecule has 1 fully saturated rings. The van der Waals surface area contributed by atoms with Crippen molar-refractivity contribution in [2.45, 2.75) is 45.3 Å². The monoisotopic (exact) mass is 279 g/mol. The van der Waals surface area contributed by atoms with Crippen LogP contribution in [0.1, 0.15) is 32.3 Å². The Kier molecular flexibility index (Phi) is 5.68. The zero-order chi connectivity index (χ0) is 14.4. The van der Waals surface area contributed by atoms with Crippen molar-refractivity contribution in [3.63, 3.8) is 0 Å². The molecule has 4 heteroatoms. The maximum absolute atomic E-state index is 5.87. The van der Waals surface area contributed by atoms with Gasteiger partial charge in [0.05, 0.1) is 18.8 Å². The minimum absolute atomic E-state index is 0.197. The molecule has 0 aromatic heterocycles. The van der Waals surface area contributed by atoms with Crippen molar-refractivity contribution >= 4 is 0 Å². The van der Waals surface area contributed by atoms with Crippen LogP contribution in [0.2, 0.25) is 0 Å². The van der Waals surface area contributed by atoms with Gasteiger partial charge in [0, 0.05) is 0 Å². The number of hydrogen-bond donors (Lipinski definition) is 1. The van der Waals surface area contributed by atoms with Crippen molar-refractivity contribution in [2.24, 2.45) is 5.73 Å². The maximum atomic E-state index is 5.87. The first-order valence-electron chi connectivity index (χ1n) is 7.47. The molecule has 1 heterocycles. The lowest BCUT2D eigenvalue weighted by Crippen LogP contribution is -2.18. The molecule has 20 heavy (non-hydrogen) atoms. The molecule has 1 aromatic rings. The van der Waals surface area contributed by atoms with Crippen molar-refractivity contribution < 1.29 is 14.2 Å². The third kappa shape index (κ3) is 4.12. The van der Waals surface area contributed by atoms with Gasteiger partial charge in [-0.1, -0.05) is 6.07 Å². The minimum atomic E-state index is 0.197. The fourth-order valence-electron chi connectivity index (χ4n) is 2.45. The molecule has 1 aliphatic rings. The maximum Gasteiger partial charge on any atom is 0.161 e. The van der Waals surface area contributed by atoms with Crippen molar-refractivity contribution in [1.29, 1.82) is 0 Å². The summed E-state index contributed by atoms with van der Waals surface area (Å²) >= 11 is 0. The summed E-state index contributed by atoms with van der Waals surface area (Å²) in [5.41, 5.74) is 6.76. The van der Waals surface area contributed by atoms with Crippen LogP contribution in [0.4, 0.5) is 0 Å². The van der Waals surface area contributed by atoms with Gasteiger partial charge in [-0.15, -0.1) is 0 Å². The van der Waals surface area contributed by atoms with Crippen molar-refractivity contribution in [3.8, 4) is 11.5 Å². The summed E-state index contributed by atoms with van der Waals surface area (Å²) in [5.74, 6) is 1.58. The van der Waals surface area contributed by atoms with Gasteiger partial charge >= 0.3 is 0 Å². The van der Waals surface area contributed by atoms with E-state index in [-0.39, 0.29) is 6.10 Å². The van der Waals surface area contributed by atoms with Crippen LogP contribution in [0.5, 0.6) is 11.5 Å². The molecule has 0 amide bonds. The molecule has 0 aliphatic carbocycles. The molecule has 1 saturated heterocycles. The van der Waals surface area contributed by atoms with Crippen LogP contribution >= 0.6 is 0 Å². The summed E-state index contributed by atoms with van der Waals surface area (Å²) in [4.78, 5) is 0. The number of benzene rings is 1. The zero-order valence-corrected chi connectivity index (χ0v) is 12.4. The van der Waals surface area contributed by atoms with Gasteiger partial charge < -0.3 is 19.9 Å². The van der Waals surface area contributed by atoms with Gasteiger partial charge in [0.15, 0.2) is 11.5 Å². The van der Waals surface area contributed by atoms with E-state index in [0.717, 1.165) is 30.8 Å². The van der Waals surface area contributed by atoms with Crippen molar-refractivity contribution in [1.82, 2.24) is 0 Å². The van der Waals surface area contributed by atoms with E-state index in [1.807, 2.05) is 25.1 Å². The first-order valence-corrected chi connectivity index (χ1v) is 7.47. The van der Waals surface area contributed by atoms with E-state index in [0.29, 0.717) is 25.9 Å². The van der Waals surface area contributed by atoms with Crippen molar-refractivity contribution in [2.75, 3.05) is 19.8 Å². The summed E-state index contributed by atoms with van der Waals surface area (Å²) < 4.78 is 17.3. The molecule has 2 rings (SSSR count). The number of hydrogen-bond acceptors (Lipinski definition) is 4. The average molecular weight is 279 g/mol. The normalized spacial score (nSPS) is 21.9. The number of ether oxygens (including phenoxy) is 3. The highest BCUT2D eigenvalue weighted by atomic mass is 16.6. The molecule has 1 aromatic carbocycles. The van der Waals surface area contributed by atoms with Crippen LogP contribution in [-0.4, -0.2) is 32.0 Å². The lowest BCUT2D eigenvalue weighted by molar-refractivity contribution is 0.0258. The minimum Gasteiger partial charge on any atom is -0.490 e. The van der Waals surface area contributed by atoms with Gasteiger partial charge in [-0.25, -0.2) is 0 Å². The van der Waals surface area contributed by atoms with Crippen LogP contribution in [0.15, 0.2) is 18.2 Å². The fourth-order valence-corrected chi connectivity index (χ4v) is 2.45. The molecule has 2 atom stereocenters. The van der Waals surface area contributed by atoms with E-state index in [1.165, 1.54) is 5.56 Å². The summed E-state index contributed by atoms with van der Waals surface area (Å²) in [6.07, 6.45) is 3.58. The molecule has 2 unspecified atom stereocenters. The van der Waals surface area contributed by atoms with Gasteiger partial charge in [0.2, 0.25) is 0 Å². The van der Waals surface area contributed by atoms with E-state index < -0.39 is 0 Å². The molecule has 4 nitrogen and oxygen atoms in total. The smallest absolute Gasteiger partial charge is 0.161 e. The van der Waals surface area contributed by atoms with Crippen LogP contribution in [0.3, 0.4) is 0 Å². The molecular formula is C16H25NO3. The third-order valence-corrected chi connectivity index (χ3v) is 3.49. The second kappa shape index (κ2) is 7.50. The van der Waals surface area contributed by atoms with Crippen LogP contribution in [0, 0.1) is 0 Å². The van der Waals surface area contributed by atoms with Crippen LogP contribution in [-0.2, 0) is 11.2 Å². The third-order valence-electron chi connectivity index (χ3n) is 3.49. The molecule has 1 aliphatic heterocycles. The Balaban J connectivity index is 1.98. The Hall–Kier alpha value is -1.26. The first-order chi connectivity index (χ1) is 9.72. The fraction of sp³-hybridized carbons (Fsp3) is 0.625. The van der Waals surface area contributed by atoms with Crippen molar-refractivity contribution in [3.05, 3.63) is 23.8 Å². The lowest BCUT2D eigenvalue weighted by atomic mass is 10.1. The Morgan fingerprint density at radius 2 is 2.10 bits per heavy atom. The highest BCUT2D eigenvalue weighted by molar-refractivity contribution is 5.43. The number of nitrogens with two attached hydrogens (primary N) is 1. The topological polar surface area (TPSA) is 53.7 Å². The highest BCUT2D eigenvalue weighted by Gasteiger charge is 2.22. The van der Waals surface area contributed by atoms with Gasteiger partial charge in [-0.2, -0.15) is 0 Å². The summed E-state index contributed by atoms with van der Waals surface area (Å²) in [7, 11) is 0. The van der Waals surface area contributed by atoms with Gasteiger partial charge in [0.1, 0.15) is 6.61 Å². The molecule has 0 spiro atoms. The lowest BCUT2D eigenvalue weighted by Gasteiger charge is -2.16. The van der Waals surface area contributed by atoms with E-state index >= 15 is 0 Å². The molecular weight excluding hydrogens is 254 g/mol. The largest absolute Gasteiger partial charge is 0.490 e. The Morgan fingerprint density at radius 1 is 1.25 bits per heavy atom. The standard InChI is InChI=1S/C16H25NO3/c1-3-18-16-10-13(8-9-17)5-7-15(16)19-11-14-6-4-12(2)20-14/h5,7,10,12,14H,3-4,6,8-9,11,17H2,1-2H3. The Labute approximate surface area is 121 Å². The molecule has 0 radical (unpaired) electrons. The van der Waals surface area contributed by atoms with Gasteiger partial charge in [-0.3, -0.25) is 0 Å². The predicted octanol–water partition coefficient (Wildman–Crippen LogP) is 2.53. The van der Waals surface area contributed by atoms with E-state index in [4.69, 9.17) is 19.9 Å². The van der Waals surface area contributed by atoms with Gasteiger partial charge in [-0.05, 0) is 57.4 Å². The van der Waals surface area contributed by atoms with Gasteiger partial charge in [0.25, 0.3) is 0 Å². The van der Waals surface area contributed by atoms with E-state index in [1.54, 1.807) is 0 Å². The quantitative estimate of drug-likeness (QED) is 0.833. The first kappa shape index (κ1) is 15.1. The summed E-state index contributed by atoms with van der Waals surface area (Å²) in [5, 5.41) is 0. The molecule has 0 saturated carbocycles. The molecule has 2 N–H and O–H groups in total. The number of rotatable bonds is 7. The van der Waals surface area contributed by atoms with E-state index in [2.05, 4.69) is 6.92 Å². The van der Waals surface area contributed by atoms with Crippen LogP contribution < -0.4 is 15.2 Å².